The highest BCUT2D eigenvalue weighted by Crippen LogP contribution is 2.35. The zero-order valence-electron chi connectivity index (χ0n) is 14.1. The van der Waals surface area contributed by atoms with E-state index in [1.165, 1.54) is 0 Å². The lowest BCUT2D eigenvalue weighted by atomic mass is 9.96. The summed E-state index contributed by atoms with van der Waals surface area (Å²) in [5.74, 6) is -1.17. The van der Waals surface area contributed by atoms with Gasteiger partial charge in [-0.1, -0.05) is 0 Å². The van der Waals surface area contributed by atoms with Crippen molar-refractivity contribution in [3.8, 4) is 0 Å². The van der Waals surface area contributed by atoms with Crippen molar-refractivity contribution in [2.75, 3.05) is 29.0 Å². The van der Waals surface area contributed by atoms with Gasteiger partial charge < -0.3 is 16.0 Å². The Bertz CT molecular complexity index is 718. The van der Waals surface area contributed by atoms with Crippen LogP contribution >= 0.6 is 0 Å². The first-order valence-corrected chi connectivity index (χ1v) is 8.38. The largest absolute Gasteiger partial charge is 0.399 e. The molecule has 6 heteroatoms. The molecule has 134 valence electrons. The molecule has 0 radical (unpaired) electrons. The predicted molar refractivity (Wildman–Crippen MR) is 96.3 cm³/mol. The number of nitrogen functional groups attached to an aromatic ring is 1. The summed E-state index contributed by atoms with van der Waals surface area (Å²) in [4.78, 5) is 2.01. The Labute approximate surface area is 145 Å². The molecule has 3 N–H and O–H groups in total. The number of halogens is 3. The number of nitrogens with two attached hydrogens (primary N) is 1. The number of hydrogen-bond acceptors (Lipinski definition) is 3. The first-order chi connectivity index (χ1) is 11.8. The number of alkyl halides is 3. The molecule has 2 aromatic rings. The third kappa shape index (κ3) is 4.18. The van der Waals surface area contributed by atoms with Gasteiger partial charge in [-0.05, 0) is 67.8 Å². The molecule has 0 amide bonds. The summed E-state index contributed by atoms with van der Waals surface area (Å²) in [6.07, 6.45) is -3.75. The fourth-order valence-corrected chi connectivity index (χ4v) is 3.14. The molecule has 0 aromatic heterocycles. The Morgan fingerprint density at radius 2 is 1.60 bits per heavy atom. The van der Waals surface area contributed by atoms with Crippen LogP contribution in [0, 0.1) is 12.8 Å². The highest BCUT2D eigenvalue weighted by molar-refractivity contribution is 5.66. The normalized spacial score (nSPS) is 16.1. The molecule has 3 nitrogen and oxygen atoms in total. The summed E-state index contributed by atoms with van der Waals surface area (Å²) >= 11 is 0. The highest BCUT2D eigenvalue weighted by Gasteiger charge is 2.41. The molecule has 1 saturated heterocycles. The number of hydrogen-bond donors (Lipinski definition) is 2. The van der Waals surface area contributed by atoms with Gasteiger partial charge in [0, 0.05) is 35.8 Å². The maximum atomic E-state index is 12.7. The van der Waals surface area contributed by atoms with Crippen molar-refractivity contribution in [3.05, 3.63) is 48.0 Å². The van der Waals surface area contributed by atoms with Gasteiger partial charge in [-0.15, -0.1) is 0 Å². The number of benzene rings is 2. The third-order valence-electron chi connectivity index (χ3n) is 4.75. The molecule has 2 aromatic carbocycles. The van der Waals surface area contributed by atoms with Crippen LogP contribution in [0.5, 0.6) is 0 Å². The summed E-state index contributed by atoms with van der Waals surface area (Å²) in [5, 5.41) is 3.31. The second-order valence-electron chi connectivity index (χ2n) is 6.55. The molecule has 1 fully saturated rings. The van der Waals surface area contributed by atoms with E-state index in [9.17, 15) is 13.2 Å². The van der Waals surface area contributed by atoms with E-state index in [1.54, 1.807) is 0 Å². The van der Waals surface area contributed by atoms with Gasteiger partial charge in [0.15, 0.2) is 0 Å². The number of nitrogens with one attached hydrogen (secondary N) is 1. The number of anilines is 4. The average Bonchev–Trinajstić information content (AvgIpc) is 2.58. The molecule has 0 atom stereocenters. The van der Waals surface area contributed by atoms with Gasteiger partial charge in [0.2, 0.25) is 0 Å². The maximum absolute atomic E-state index is 12.7. The van der Waals surface area contributed by atoms with Crippen LogP contribution in [0.2, 0.25) is 0 Å². The summed E-state index contributed by atoms with van der Waals surface area (Å²) < 4.78 is 38.2. The molecule has 0 saturated carbocycles. The van der Waals surface area contributed by atoms with Crippen molar-refractivity contribution in [1.82, 2.24) is 0 Å². The molecule has 0 aliphatic carbocycles. The van der Waals surface area contributed by atoms with Crippen molar-refractivity contribution >= 4 is 22.7 Å². The van der Waals surface area contributed by atoms with Crippen LogP contribution in [-0.2, 0) is 0 Å². The smallest absolute Gasteiger partial charge is 0.391 e. The first-order valence-electron chi connectivity index (χ1n) is 8.38. The SMILES string of the molecule is Cc1cc(Nc2ccc(N3CCC(C(F)(F)F)CC3)cc2)ccc1N. The van der Waals surface area contributed by atoms with Crippen LogP contribution in [0.15, 0.2) is 42.5 Å². The van der Waals surface area contributed by atoms with E-state index in [1.807, 2.05) is 54.3 Å². The second kappa shape index (κ2) is 6.86. The Morgan fingerprint density at radius 1 is 1.00 bits per heavy atom. The lowest BCUT2D eigenvalue weighted by Crippen LogP contribution is -2.38. The minimum absolute atomic E-state index is 0.161. The van der Waals surface area contributed by atoms with Crippen LogP contribution < -0.4 is 16.0 Å². The van der Waals surface area contributed by atoms with Gasteiger partial charge >= 0.3 is 6.18 Å². The van der Waals surface area contributed by atoms with Gasteiger partial charge in [-0.2, -0.15) is 13.2 Å². The van der Waals surface area contributed by atoms with Gasteiger partial charge in [0.25, 0.3) is 0 Å². The van der Waals surface area contributed by atoms with Gasteiger partial charge in [0.05, 0.1) is 5.92 Å². The van der Waals surface area contributed by atoms with Gasteiger partial charge in [0.1, 0.15) is 0 Å². The van der Waals surface area contributed by atoms with Crippen molar-refractivity contribution in [3.63, 3.8) is 0 Å². The molecular weight excluding hydrogens is 327 g/mol. The Balaban J connectivity index is 1.62. The van der Waals surface area contributed by atoms with E-state index in [4.69, 9.17) is 5.73 Å². The van der Waals surface area contributed by atoms with Crippen LogP contribution in [0.1, 0.15) is 18.4 Å². The summed E-state index contributed by atoms with van der Waals surface area (Å²) in [6, 6.07) is 13.5. The number of nitrogens with zero attached hydrogens (tertiary/aromatic N) is 1. The average molecular weight is 349 g/mol. The Kier molecular flexibility index (Phi) is 4.79. The van der Waals surface area contributed by atoms with Crippen LogP contribution in [0.4, 0.5) is 35.9 Å². The van der Waals surface area contributed by atoms with Crippen LogP contribution in [-0.4, -0.2) is 19.3 Å². The number of piperidine rings is 1. The summed E-state index contributed by atoms with van der Waals surface area (Å²) in [5.41, 5.74) is 10.4. The van der Waals surface area contributed by atoms with E-state index in [-0.39, 0.29) is 12.8 Å². The summed E-state index contributed by atoms with van der Waals surface area (Å²) in [6.45, 7) is 2.83. The molecule has 0 spiro atoms. The topological polar surface area (TPSA) is 41.3 Å². The number of rotatable bonds is 3. The van der Waals surface area contributed by atoms with E-state index in [2.05, 4.69) is 5.32 Å². The quantitative estimate of drug-likeness (QED) is 0.758. The van der Waals surface area contributed by atoms with Crippen LogP contribution in [0.3, 0.4) is 0 Å². The molecule has 1 aliphatic rings. The standard InChI is InChI=1S/C19H22F3N3/c1-13-12-16(4-7-18(13)23)24-15-2-5-17(6-3-15)25-10-8-14(9-11-25)19(20,21)22/h2-7,12,14,24H,8-11,23H2,1H3. The monoisotopic (exact) mass is 349 g/mol. The molecule has 1 heterocycles. The summed E-state index contributed by atoms with van der Waals surface area (Å²) in [7, 11) is 0. The molecule has 25 heavy (non-hydrogen) atoms. The lowest BCUT2D eigenvalue weighted by molar-refractivity contribution is -0.179. The van der Waals surface area contributed by atoms with Gasteiger partial charge in [-0.25, -0.2) is 0 Å². The van der Waals surface area contributed by atoms with Crippen molar-refractivity contribution in [2.24, 2.45) is 5.92 Å². The fourth-order valence-electron chi connectivity index (χ4n) is 3.14. The minimum atomic E-state index is -4.07. The maximum Gasteiger partial charge on any atom is 0.391 e. The van der Waals surface area contributed by atoms with E-state index in [0.29, 0.717) is 13.1 Å². The van der Waals surface area contributed by atoms with Crippen molar-refractivity contribution in [2.45, 2.75) is 25.9 Å². The van der Waals surface area contributed by atoms with Crippen molar-refractivity contribution in [1.29, 1.82) is 0 Å². The Hall–Kier alpha value is -2.37. The highest BCUT2D eigenvalue weighted by atomic mass is 19.4. The zero-order chi connectivity index (χ0) is 18.0. The van der Waals surface area contributed by atoms with Crippen LogP contribution in [0.25, 0.3) is 0 Å². The molecule has 0 bridgehead atoms. The lowest BCUT2D eigenvalue weighted by Gasteiger charge is -2.34. The van der Waals surface area contributed by atoms with E-state index < -0.39 is 12.1 Å². The molecular formula is C19H22F3N3. The number of aryl methyl sites for hydroxylation is 1. The second-order valence-corrected chi connectivity index (χ2v) is 6.55. The first kappa shape index (κ1) is 17.5. The van der Waals surface area contributed by atoms with Gasteiger partial charge in [-0.3, -0.25) is 0 Å². The third-order valence-corrected chi connectivity index (χ3v) is 4.75. The minimum Gasteiger partial charge on any atom is -0.399 e. The van der Waals surface area contributed by atoms with Crippen molar-refractivity contribution < 1.29 is 13.2 Å². The zero-order valence-corrected chi connectivity index (χ0v) is 14.1. The molecule has 0 unspecified atom stereocenters. The molecule has 1 aliphatic heterocycles. The van der Waals surface area contributed by atoms with E-state index >= 15 is 0 Å². The Morgan fingerprint density at radius 3 is 2.16 bits per heavy atom. The fraction of sp³-hybridized carbons (Fsp3) is 0.368. The van der Waals surface area contributed by atoms with E-state index in [0.717, 1.165) is 28.3 Å². The predicted octanol–water partition coefficient (Wildman–Crippen LogP) is 5.10. The molecule has 3 rings (SSSR count).